The first-order valence-electron chi connectivity index (χ1n) is 10.3. The van der Waals surface area contributed by atoms with Crippen molar-refractivity contribution in [3.63, 3.8) is 0 Å². The van der Waals surface area contributed by atoms with Gasteiger partial charge in [0.25, 0.3) is 0 Å². The summed E-state index contributed by atoms with van der Waals surface area (Å²) in [5.74, 6) is 0.744. The summed E-state index contributed by atoms with van der Waals surface area (Å²) in [5, 5.41) is 14.0. The first kappa shape index (κ1) is 19.4. The lowest BCUT2D eigenvalue weighted by atomic mass is 9.85. The highest BCUT2D eigenvalue weighted by atomic mass is 35.5. The van der Waals surface area contributed by atoms with Gasteiger partial charge in [-0.15, -0.1) is 0 Å². The van der Waals surface area contributed by atoms with Gasteiger partial charge >= 0.3 is 0 Å². The molecule has 0 amide bonds. The minimum atomic E-state index is 0.140. The largest absolute Gasteiger partial charge is 0.395 e. The summed E-state index contributed by atoms with van der Waals surface area (Å²) in [4.78, 5) is 7.42. The number of fused-ring (bicyclic) bond motifs is 1. The first-order chi connectivity index (χ1) is 13.7. The molecule has 28 heavy (non-hydrogen) atoms. The van der Waals surface area contributed by atoms with Crippen LogP contribution in [0.3, 0.4) is 0 Å². The van der Waals surface area contributed by atoms with Crippen molar-refractivity contribution in [1.29, 1.82) is 0 Å². The average Bonchev–Trinajstić information content (AvgIpc) is 3.20. The van der Waals surface area contributed by atoms with Gasteiger partial charge in [0.05, 0.1) is 24.0 Å². The van der Waals surface area contributed by atoms with E-state index in [0.717, 1.165) is 45.1 Å². The summed E-state index contributed by atoms with van der Waals surface area (Å²) in [7, 11) is 0. The van der Waals surface area contributed by atoms with E-state index in [1.165, 1.54) is 32.1 Å². The minimum Gasteiger partial charge on any atom is -0.395 e. The Morgan fingerprint density at radius 2 is 1.89 bits per heavy atom. The minimum absolute atomic E-state index is 0.140. The molecule has 1 saturated carbocycles. The number of aliphatic hydroxyl groups excluding tert-OH is 1. The third-order valence-corrected chi connectivity index (χ3v) is 6.30. The van der Waals surface area contributed by atoms with E-state index >= 15 is 0 Å². The van der Waals surface area contributed by atoms with Crippen LogP contribution in [0.1, 0.15) is 44.1 Å². The van der Waals surface area contributed by atoms with Crippen LogP contribution in [0.2, 0.25) is 5.02 Å². The molecule has 0 unspecified atom stereocenters. The van der Waals surface area contributed by atoms with Gasteiger partial charge in [-0.1, -0.05) is 61.9 Å². The van der Waals surface area contributed by atoms with E-state index in [1.807, 2.05) is 12.1 Å². The van der Waals surface area contributed by atoms with E-state index in [9.17, 15) is 5.11 Å². The average molecular weight is 398 g/mol. The number of nitrogens with one attached hydrogen (secondary N) is 2. The summed E-state index contributed by atoms with van der Waals surface area (Å²) in [6.07, 6.45) is 9.39. The number of H-pyrrole nitrogens is 1. The molecular formula is C23H28ClN3O. The summed E-state index contributed by atoms with van der Waals surface area (Å²) >= 11 is 6.57. The predicted octanol–water partition coefficient (Wildman–Crippen LogP) is 5.30. The Bertz CT molecular complexity index is 917. The number of benzene rings is 2. The lowest BCUT2D eigenvalue weighted by Gasteiger charge is -2.26. The van der Waals surface area contributed by atoms with Gasteiger partial charge in [0, 0.05) is 17.6 Å². The summed E-state index contributed by atoms with van der Waals surface area (Å²) in [6.45, 7) is 0.854. The van der Waals surface area contributed by atoms with Crippen LogP contribution < -0.4 is 5.32 Å². The van der Waals surface area contributed by atoms with Gasteiger partial charge in [0.1, 0.15) is 0 Å². The van der Waals surface area contributed by atoms with Crippen molar-refractivity contribution in [1.82, 2.24) is 15.3 Å². The second kappa shape index (κ2) is 9.08. The molecule has 1 atom stereocenters. The zero-order chi connectivity index (χ0) is 19.3. The molecule has 3 N–H and O–H groups in total. The Balaban J connectivity index is 1.40. The topological polar surface area (TPSA) is 60.9 Å². The molecule has 0 spiro atoms. The van der Waals surface area contributed by atoms with Crippen molar-refractivity contribution in [3.05, 3.63) is 53.3 Å². The van der Waals surface area contributed by atoms with Crippen molar-refractivity contribution < 1.29 is 5.11 Å². The lowest BCUT2D eigenvalue weighted by molar-refractivity contribution is 0.203. The zero-order valence-corrected chi connectivity index (χ0v) is 16.9. The highest BCUT2D eigenvalue weighted by Gasteiger charge is 2.18. The fourth-order valence-electron chi connectivity index (χ4n) is 4.29. The number of aromatic nitrogens is 2. The molecule has 0 aliphatic heterocycles. The van der Waals surface area contributed by atoms with Crippen LogP contribution in [0.5, 0.6) is 0 Å². The van der Waals surface area contributed by atoms with Crippen LogP contribution in [0.25, 0.3) is 22.2 Å². The number of rotatable bonds is 7. The SMILES string of the molecule is OC[C@H](CC1CCCCC1)NCc1ccc(-c2ccc3nc[nH]c3c2)cc1Cl. The predicted molar refractivity (Wildman–Crippen MR) is 115 cm³/mol. The lowest BCUT2D eigenvalue weighted by Crippen LogP contribution is -2.34. The number of hydrogen-bond acceptors (Lipinski definition) is 3. The van der Waals surface area contributed by atoms with E-state index in [1.54, 1.807) is 6.33 Å². The maximum absolute atomic E-state index is 9.76. The molecule has 0 radical (unpaired) electrons. The van der Waals surface area contributed by atoms with Gasteiger partial charge < -0.3 is 15.4 Å². The number of halogens is 1. The molecule has 0 bridgehead atoms. The molecule has 4 nitrogen and oxygen atoms in total. The molecule has 1 aliphatic carbocycles. The molecule has 1 aromatic heterocycles. The number of hydrogen-bond donors (Lipinski definition) is 3. The second-order valence-electron chi connectivity index (χ2n) is 7.94. The molecule has 3 aromatic rings. The van der Waals surface area contributed by atoms with Gasteiger partial charge in [0.15, 0.2) is 0 Å². The zero-order valence-electron chi connectivity index (χ0n) is 16.1. The molecular weight excluding hydrogens is 370 g/mol. The van der Waals surface area contributed by atoms with Crippen LogP contribution in [0.15, 0.2) is 42.7 Å². The van der Waals surface area contributed by atoms with Crippen molar-refractivity contribution in [2.24, 2.45) is 5.92 Å². The number of aromatic amines is 1. The van der Waals surface area contributed by atoms with Gasteiger partial charge in [-0.3, -0.25) is 0 Å². The highest BCUT2D eigenvalue weighted by Crippen LogP contribution is 2.29. The maximum Gasteiger partial charge on any atom is 0.0931 e. The van der Waals surface area contributed by atoms with Crippen LogP contribution in [0, 0.1) is 5.92 Å². The van der Waals surface area contributed by atoms with Crippen molar-refractivity contribution in [2.75, 3.05) is 6.61 Å². The standard InChI is InChI=1S/C23H28ClN3O/c24-21-11-17(18-8-9-22-23(12-18)27-15-26-22)6-7-19(21)13-25-20(14-28)10-16-4-2-1-3-5-16/h6-9,11-12,15-16,20,25,28H,1-5,10,13-14H2,(H,26,27)/t20-/m0/s1. The molecule has 1 fully saturated rings. The summed E-state index contributed by atoms with van der Waals surface area (Å²) in [5.41, 5.74) is 5.25. The quantitative estimate of drug-likeness (QED) is 0.506. The van der Waals surface area contributed by atoms with E-state index in [0.29, 0.717) is 6.54 Å². The number of nitrogens with zero attached hydrogens (tertiary/aromatic N) is 1. The fourth-order valence-corrected chi connectivity index (χ4v) is 4.53. The summed E-state index contributed by atoms with van der Waals surface area (Å²) < 4.78 is 0. The van der Waals surface area contributed by atoms with Gasteiger partial charge in [0.2, 0.25) is 0 Å². The Morgan fingerprint density at radius 1 is 1.11 bits per heavy atom. The van der Waals surface area contributed by atoms with Crippen molar-refractivity contribution in [2.45, 2.75) is 51.1 Å². The van der Waals surface area contributed by atoms with Crippen LogP contribution in [0.4, 0.5) is 0 Å². The Morgan fingerprint density at radius 3 is 2.68 bits per heavy atom. The fraction of sp³-hybridized carbons (Fsp3) is 0.435. The molecule has 1 aliphatic rings. The van der Waals surface area contributed by atoms with E-state index in [2.05, 4.69) is 39.6 Å². The third-order valence-electron chi connectivity index (χ3n) is 5.95. The second-order valence-corrected chi connectivity index (χ2v) is 8.35. The molecule has 5 heteroatoms. The number of aliphatic hydroxyl groups is 1. The monoisotopic (exact) mass is 397 g/mol. The first-order valence-corrected chi connectivity index (χ1v) is 10.7. The molecule has 148 valence electrons. The van der Waals surface area contributed by atoms with Gasteiger partial charge in [-0.05, 0) is 47.2 Å². The maximum atomic E-state index is 9.76. The van der Waals surface area contributed by atoms with Gasteiger partial charge in [-0.25, -0.2) is 4.98 Å². The smallest absolute Gasteiger partial charge is 0.0931 e. The van der Waals surface area contributed by atoms with E-state index in [-0.39, 0.29) is 12.6 Å². The molecule has 4 rings (SSSR count). The Labute approximate surface area is 171 Å². The Kier molecular flexibility index (Phi) is 6.30. The van der Waals surface area contributed by atoms with E-state index < -0.39 is 0 Å². The number of imidazole rings is 1. The van der Waals surface area contributed by atoms with Gasteiger partial charge in [-0.2, -0.15) is 0 Å². The van der Waals surface area contributed by atoms with Crippen LogP contribution >= 0.6 is 11.6 Å². The van der Waals surface area contributed by atoms with Crippen LogP contribution in [-0.2, 0) is 6.54 Å². The molecule has 0 saturated heterocycles. The molecule has 1 heterocycles. The van der Waals surface area contributed by atoms with Crippen molar-refractivity contribution in [3.8, 4) is 11.1 Å². The van der Waals surface area contributed by atoms with Crippen LogP contribution in [-0.4, -0.2) is 27.7 Å². The molecule has 2 aromatic carbocycles. The van der Waals surface area contributed by atoms with Crippen molar-refractivity contribution >= 4 is 22.6 Å². The highest BCUT2D eigenvalue weighted by molar-refractivity contribution is 6.31. The third kappa shape index (κ3) is 4.57. The Hall–Kier alpha value is -1.88. The van der Waals surface area contributed by atoms with E-state index in [4.69, 9.17) is 11.6 Å². The normalized spacial score (nSPS) is 16.5. The summed E-state index contributed by atoms with van der Waals surface area (Å²) in [6, 6.07) is 12.5.